The van der Waals surface area contributed by atoms with Gasteiger partial charge < -0.3 is 15.2 Å². The van der Waals surface area contributed by atoms with E-state index in [4.69, 9.17) is 9.84 Å². The number of aromatic carboxylic acids is 1. The number of carbonyl (C=O) groups is 3. The summed E-state index contributed by atoms with van der Waals surface area (Å²) in [4.78, 5) is 41.1. The fraction of sp³-hybridized carbons (Fsp3) is 0.483. The third-order valence-electron chi connectivity index (χ3n) is 7.39. The van der Waals surface area contributed by atoms with Gasteiger partial charge in [-0.3, -0.25) is 14.6 Å². The molecule has 0 spiro atoms. The Balaban J connectivity index is 1.62. The molecule has 4 rings (SSSR count). The smallest absolute Gasteiger partial charge is 0.414 e. The number of carboxylic acids is 1. The van der Waals surface area contributed by atoms with Gasteiger partial charge >= 0.3 is 12.1 Å². The highest BCUT2D eigenvalue weighted by Gasteiger charge is 2.50. The third-order valence-corrected chi connectivity index (χ3v) is 7.39. The molecule has 38 heavy (non-hydrogen) atoms. The van der Waals surface area contributed by atoms with Crippen LogP contribution in [0.4, 0.5) is 20.6 Å². The molecule has 2 amide bonds. The van der Waals surface area contributed by atoms with Gasteiger partial charge in [0.25, 0.3) is 0 Å². The number of rotatable bonds is 6. The summed E-state index contributed by atoms with van der Waals surface area (Å²) in [6.45, 7) is 10.4. The highest BCUT2D eigenvalue weighted by molar-refractivity contribution is 6.10. The van der Waals surface area contributed by atoms with Crippen LogP contribution in [0.25, 0.3) is 0 Å². The Bertz CT molecular complexity index is 1240. The zero-order valence-electron chi connectivity index (χ0n) is 22.6. The van der Waals surface area contributed by atoms with Crippen LogP contribution in [0.3, 0.4) is 0 Å². The number of benzene rings is 2. The molecule has 0 aliphatic carbocycles. The van der Waals surface area contributed by atoms with Crippen LogP contribution in [0.5, 0.6) is 0 Å². The predicted octanol–water partition coefficient (Wildman–Crippen LogP) is 5.41. The van der Waals surface area contributed by atoms with Crippen LogP contribution in [-0.2, 0) is 21.5 Å². The van der Waals surface area contributed by atoms with Gasteiger partial charge in [-0.05, 0) is 96.2 Å². The summed E-state index contributed by atoms with van der Waals surface area (Å²) in [7, 11) is 0. The van der Waals surface area contributed by atoms with Crippen molar-refractivity contribution in [2.45, 2.75) is 65.0 Å². The van der Waals surface area contributed by atoms with E-state index in [0.29, 0.717) is 24.3 Å². The van der Waals surface area contributed by atoms with Gasteiger partial charge in [-0.25, -0.2) is 14.0 Å². The van der Waals surface area contributed by atoms with Crippen LogP contribution in [-0.4, -0.2) is 53.2 Å². The Labute approximate surface area is 222 Å². The van der Waals surface area contributed by atoms with Gasteiger partial charge in [-0.15, -0.1) is 0 Å². The Morgan fingerprint density at radius 2 is 1.92 bits per heavy atom. The number of carbonyl (C=O) groups excluding carboxylic acids is 2. The number of nitrogens with one attached hydrogen (secondary N) is 1. The van der Waals surface area contributed by atoms with E-state index in [-0.39, 0.29) is 29.6 Å². The maximum absolute atomic E-state index is 15.0. The molecule has 1 saturated heterocycles. The van der Waals surface area contributed by atoms with Crippen LogP contribution < -0.4 is 10.2 Å². The second-order valence-corrected chi connectivity index (χ2v) is 11.3. The van der Waals surface area contributed by atoms with Crippen molar-refractivity contribution >= 4 is 29.3 Å². The van der Waals surface area contributed by atoms with Crippen molar-refractivity contribution in [3.63, 3.8) is 0 Å². The SMILES string of the molecule is CCN(C(=O)OC(C)(C)C)c1cc(F)cc2c1NC(=O)C2(C)N1CCC[C@@H](Cc2ccc(C(=O)O)cc2)C1. The Morgan fingerprint density at radius 1 is 1.24 bits per heavy atom. The maximum atomic E-state index is 15.0. The zero-order chi connectivity index (χ0) is 27.8. The molecule has 1 fully saturated rings. The number of halogens is 1. The Morgan fingerprint density at radius 3 is 2.53 bits per heavy atom. The molecule has 2 heterocycles. The largest absolute Gasteiger partial charge is 0.478 e. The highest BCUT2D eigenvalue weighted by atomic mass is 19.1. The molecule has 0 radical (unpaired) electrons. The predicted molar refractivity (Wildman–Crippen MR) is 143 cm³/mol. The summed E-state index contributed by atoms with van der Waals surface area (Å²) >= 11 is 0. The van der Waals surface area contributed by atoms with E-state index in [2.05, 4.69) is 10.2 Å². The lowest BCUT2D eigenvalue weighted by Crippen LogP contribution is -2.53. The normalized spacial score (nSPS) is 21.5. The van der Waals surface area contributed by atoms with Crippen molar-refractivity contribution in [2.24, 2.45) is 5.92 Å². The monoisotopic (exact) mass is 525 g/mol. The van der Waals surface area contributed by atoms with Gasteiger partial charge in [0.05, 0.1) is 16.9 Å². The van der Waals surface area contributed by atoms with Crippen molar-refractivity contribution in [3.05, 3.63) is 58.9 Å². The first-order chi connectivity index (χ1) is 17.8. The van der Waals surface area contributed by atoms with E-state index in [1.54, 1.807) is 39.8 Å². The summed E-state index contributed by atoms with van der Waals surface area (Å²) in [5.41, 5.74) is 0.662. The van der Waals surface area contributed by atoms with E-state index in [0.717, 1.165) is 24.8 Å². The quantitative estimate of drug-likeness (QED) is 0.524. The average molecular weight is 526 g/mol. The van der Waals surface area contributed by atoms with E-state index < -0.39 is 29.0 Å². The van der Waals surface area contributed by atoms with Gasteiger partial charge in [0.2, 0.25) is 5.91 Å². The lowest BCUT2D eigenvalue weighted by Gasteiger charge is -2.42. The van der Waals surface area contributed by atoms with E-state index in [1.807, 2.05) is 19.1 Å². The molecule has 2 aromatic carbocycles. The highest BCUT2D eigenvalue weighted by Crippen LogP contribution is 2.47. The van der Waals surface area contributed by atoms with Gasteiger partial charge in [0.1, 0.15) is 17.0 Å². The first-order valence-corrected chi connectivity index (χ1v) is 13.1. The number of hydrogen-bond donors (Lipinski definition) is 2. The minimum Gasteiger partial charge on any atom is -0.478 e. The van der Waals surface area contributed by atoms with Gasteiger partial charge in [0.15, 0.2) is 0 Å². The topological polar surface area (TPSA) is 99.2 Å². The van der Waals surface area contributed by atoms with E-state index in [9.17, 15) is 14.4 Å². The summed E-state index contributed by atoms with van der Waals surface area (Å²) in [6.07, 6.45) is 1.98. The van der Waals surface area contributed by atoms with Crippen LogP contribution in [0.1, 0.15) is 68.9 Å². The van der Waals surface area contributed by atoms with E-state index >= 15 is 4.39 Å². The van der Waals surface area contributed by atoms with Gasteiger partial charge in [-0.1, -0.05) is 12.1 Å². The summed E-state index contributed by atoms with van der Waals surface area (Å²) in [6, 6.07) is 9.52. The lowest BCUT2D eigenvalue weighted by molar-refractivity contribution is -0.128. The fourth-order valence-electron chi connectivity index (χ4n) is 5.46. The van der Waals surface area contributed by atoms with Crippen molar-refractivity contribution in [1.82, 2.24) is 4.90 Å². The first-order valence-electron chi connectivity index (χ1n) is 13.1. The molecule has 2 N–H and O–H groups in total. The molecule has 9 heteroatoms. The minimum atomic E-state index is -1.11. The standard InChI is InChI=1S/C29H36FN3O5/c1-6-33(27(37)38-28(2,3)4)23-16-21(30)15-22-24(23)31-26(36)29(22,5)32-13-7-8-19(17-32)14-18-9-11-20(12-10-18)25(34)35/h9-12,15-16,19H,6-8,13-14,17H2,1-5H3,(H,31,36)(H,34,35)/t19-,29?/m0/s1. The summed E-state index contributed by atoms with van der Waals surface area (Å²) < 4.78 is 20.6. The number of ether oxygens (including phenoxy) is 1. The summed E-state index contributed by atoms with van der Waals surface area (Å²) in [5, 5.41) is 12.1. The number of anilines is 2. The number of hydrogen-bond acceptors (Lipinski definition) is 5. The molecule has 2 aliphatic rings. The molecular weight excluding hydrogens is 489 g/mol. The fourth-order valence-corrected chi connectivity index (χ4v) is 5.46. The maximum Gasteiger partial charge on any atom is 0.414 e. The number of likely N-dealkylation sites (tertiary alicyclic amines) is 1. The summed E-state index contributed by atoms with van der Waals surface area (Å²) in [5.74, 6) is -1.50. The number of amides is 2. The molecule has 2 atom stereocenters. The molecule has 0 aromatic heterocycles. The Hall–Kier alpha value is -3.46. The number of carboxylic acid groups (broad SMARTS) is 1. The number of nitrogens with zero attached hydrogens (tertiary/aromatic N) is 2. The minimum absolute atomic E-state index is 0.240. The molecule has 1 unspecified atom stereocenters. The second kappa shape index (κ2) is 10.4. The first kappa shape index (κ1) is 27.6. The van der Waals surface area contributed by atoms with Gasteiger partial charge in [-0.2, -0.15) is 0 Å². The van der Waals surface area contributed by atoms with Crippen LogP contribution in [0.15, 0.2) is 36.4 Å². The molecule has 0 bridgehead atoms. The lowest BCUT2D eigenvalue weighted by atomic mass is 9.84. The molecule has 2 aromatic rings. The molecule has 0 saturated carbocycles. The van der Waals surface area contributed by atoms with Crippen molar-refractivity contribution in [3.8, 4) is 0 Å². The van der Waals surface area contributed by atoms with Crippen LogP contribution in [0, 0.1) is 11.7 Å². The van der Waals surface area contributed by atoms with E-state index in [1.165, 1.54) is 17.0 Å². The van der Waals surface area contributed by atoms with Gasteiger partial charge in [0, 0.05) is 18.7 Å². The van der Waals surface area contributed by atoms with Crippen LogP contribution in [0.2, 0.25) is 0 Å². The number of fused-ring (bicyclic) bond motifs is 1. The molecule has 204 valence electrons. The van der Waals surface area contributed by atoms with Crippen molar-refractivity contribution < 1.29 is 28.6 Å². The molecule has 8 nitrogen and oxygen atoms in total. The third kappa shape index (κ3) is 5.38. The molecule has 2 aliphatic heterocycles. The Kier molecular flexibility index (Phi) is 7.52. The second-order valence-electron chi connectivity index (χ2n) is 11.3. The van der Waals surface area contributed by atoms with Crippen LogP contribution >= 0.6 is 0 Å². The van der Waals surface area contributed by atoms with Crippen molar-refractivity contribution in [2.75, 3.05) is 29.9 Å². The number of piperidine rings is 1. The van der Waals surface area contributed by atoms with Crippen molar-refractivity contribution in [1.29, 1.82) is 0 Å². The average Bonchev–Trinajstić information content (AvgIpc) is 3.10. The zero-order valence-corrected chi connectivity index (χ0v) is 22.6. The molecular formula is C29H36FN3O5.